The van der Waals surface area contributed by atoms with Crippen molar-refractivity contribution in [3.8, 4) is 0 Å². The lowest BCUT2D eigenvalue weighted by Gasteiger charge is -2.34. The molecule has 3 N–H and O–H groups in total. The number of carbonyl (C=O) groups is 3. The zero-order valence-corrected chi connectivity index (χ0v) is 22.6. The highest BCUT2D eigenvalue weighted by molar-refractivity contribution is 6.03. The van der Waals surface area contributed by atoms with E-state index in [0.29, 0.717) is 12.3 Å². The van der Waals surface area contributed by atoms with Crippen molar-refractivity contribution in [2.45, 2.75) is 89.8 Å². The number of nitrogens with zero attached hydrogens (tertiary/aromatic N) is 4. The fraction of sp³-hybridized carbons (Fsp3) is 0.607. The highest BCUT2D eigenvalue weighted by Gasteiger charge is 2.45. The highest BCUT2D eigenvalue weighted by atomic mass is 16.3. The Morgan fingerprint density at radius 1 is 1.26 bits per heavy atom. The quantitative estimate of drug-likeness (QED) is 0.489. The van der Waals surface area contributed by atoms with Crippen molar-refractivity contribution < 1.29 is 19.5 Å². The fourth-order valence-corrected chi connectivity index (χ4v) is 5.67. The maximum Gasteiger partial charge on any atom is 0.248 e. The van der Waals surface area contributed by atoms with Crippen LogP contribution in [0.15, 0.2) is 24.4 Å². The predicted octanol–water partition coefficient (Wildman–Crippen LogP) is 2.51. The van der Waals surface area contributed by atoms with Gasteiger partial charge in [-0.15, -0.1) is 5.10 Å². The Morgan fingerprint density at radius 3 is 2.71 bits per heavy atom. The van der Waals surface area contributed by atoms with Crippen LogP contribution in [0.25, 0.3) is 0 Å². The van der Waals surface area contributed by atoms with E-state index in [4.69, 9.17) is 0 Å². The van der Waals surface area contributed by atoms with E-state index in [-0.39, 0.29) is 43.1 Å². The minimum absolute atomic E-state index is 0.0676. The van der Waals surface area contributed by atoms with Crippen LogP contribution in [0.5, 0.6) is 0 Å². The predicted molar refractivity (Wildman–Crippen MR) is 141 cm³/mol. The minimum atomic E-state index is -0.787. The number of aryl methyl sites for hydroxylation is 1. The van der Waals surface area contributed by atoms with Gasteiger partial charge in [0, 0.05) is 37.3 Å². The molecule has 0 radical (unpaired) electrons. The largest absolute Gasteiger partial charge is 0.391 e. The van der Waals surface area contributed by atoms with Gasteiger partial charge in [-0.2, -0.15) is 0 Å². The summed E-state index contributed by atoms with van der Waals surface area (Å²) in [6, 6.07) is 4.55. The molecule has 2 aromatic rings. The number of carbonyl (C=O) groups excluding carboxylic acids is 3. The molecule has 1 aliphatic carbocycles. The molecule has 3 aliphatic rings. The molecule has 2 aliphatic heterocycles. The van der Waals surface area contributed by atoms with Crippen LogP contribution in [0.2, 0.25) is 0 Å². The number of nitrogens with one attached hydrogen (secondary N) is 2. The lowest BCUT2D eigenvalue weighted by Crippen LogP contribution is -2.50. The average Bonchev–Trinajstić information content (AvgIpc) is 3.34. The van der Waals surface area contributed by atoms with E-state index >= 15 is 0 Å². The molecule has 3 amide bonds. The van der Waals surface area contributed by atoms with Crippen LogP contribution in [0.3, 0.4) is 0 Å². The number of benzene rings is 1. The van der Waals surface area contributed by atoms with Crippen molar-refractivity contribution in [1.82, 2.24) is 25.2 Å². The van der Waals surface area contributed by atoms with Crippen LogP contribution in [0.4, 0.5) is 5.69 Å². The van der Waals surface area contributed by atoms with Crippen molar-refractivity contribution in [3.63, 3.8) is 0 Å². The summed E-state index contributed by atoms with van der Waals surface area (Å²) in [5.41, 5.74) is 3.36. The maximum atomic E-state index is 13.9. The first-order valence-corrected chi connectivity index (χ1v) is 13.7. The molecule has 3 heterocycles. The van der Waals surface area contributed by atoms with Crippen LogP contribution in [0, 0.1) is 5.41 Å². The van der Waals surface area contributed by atoms with E-state index in [9.17, 15) is 19.5 Å². The molecule has 10 heteroatoms. The van der Waals surface area contributed by atoms with E-state index in [0.717, 1.165) is 41.8 Å². The Kier molecular flexibility index (Phi) is 7.02. The molecule has 4 atom stereocenters. The van der Waals surface area contributed by atoms with E-state index in [2.05, 4.69) is 33.9 Å². The number of fused-ring (bicyclic) bond motifs is 1. The second kappa shape index (κ2) is 10.1. The Labute approximate surface area is 223 Å². The summed E-state index contributed by atoms with van der Waals surface area (Å²) in [6.45, 7) is 8.34. The van der Waals surface area contributed by atoms with Crippen molar-refractivity contribution in [2.24, 2.45) is 5.41 Å². The number of aliphatic hydroxyl groups is 1. The molecule has 0 bridgehead atoms. The van der Waals surface area contributed by atoms with E-state index < -0.39 is 23.6 Å². The molecule has 1 unspecified atom stereocenters. The van der Waals surface area contributed by atoms with Gasteiger partial charge in [-0.1, -0.05) is 45.0 Å². The fourth-order valence-electron chi connectivity index (χ4n) is 5.67. The molecule has 1 saturated heterocycles. The van der Waals surface area contributed by atoms with Crippen LogP contribution in [0.1, 0.15) is 88.1 Å². The molecule has 5 rings (SSSR count). The number of aliphatic hydroxyl groups excluding tert-OH is 1. The van der Waals surface area contributed by atoms with E-state index in [1.165, 1.54) is 4.90 Å². The van der Waals surface area contributed by atoms with Gasteiger partial charge < -0.3 is 20.6 Å². The lowest BCUT2D eigenvalue weighted by atomic mass is 9.85. The first kappa shape index (κ1) is 26.3. The van der Waals surface area contributed by atoms with Crippen molar-refractivity contribution in [2.75, 3.05) is 18.4 Å². The van der Waals surface area contributed by atoms with Gasteiger partial charge in [-0.05, 0) is 48.3 Å². The Balaban J connectivity index is 1.26. The first-order valence-electron chi connectivity index (χ1n) is 13.7. The number of β-amino-alcohol motifs (C(OH)–C–C–N with tert-alkyl or cyclic N) is 1. The van der Waals surface area contributed by atoms with Crippen LogP contribution >= 0.6 is 0 Å². The molecular weight excluding hydrogens is 484 g/mol. The second-order valence-corrected chi connectivity index (χ2v) is 12.0. The molecule has 0 spiro atoms. The summed E-state index contributed by atoms with van der Waals surface area (Å²) in [4.78, 5) is 41.2. The van der Waals surface area contributed by atoms with Gasteiger partial charge in [0.25, 0.3) is 0 Å². The molecule has 38 heavy (non-hydrogen) atoms. The number of hydrogen-bond acceptors (Lipinski definition) is 6. The lowest BCUT2D eigenvalue weighted by molar-refractivity contribution is -0.144. The van der Waals surface area contributed by atoms with Crippen LogP contribution < -0.4 is 10.6 Å². The Bertz CT molecular complexity index is 1230. The number of likely N-dealkylation sites (tertiary alicyclic amines) is 1. The molecule has 1 aromatic heterocycles. The van der Waals surface area contributed by atoms with Crippen molar-refractivity contribution >= 4 is 23.4 Å². The molecule has 10 nitrogen and oxygen atoms in total. The molecule has 2 fully saturated rings. The van der Waals surface area contributed by atoms with Gasteiger partial charge in [0.1, 0.15) is 12.1 Å². The number of rotatable bonds is 8. The number of hydrogen-bond donors (Lipinski definition) is 3. The third-order valence-electron chi connectivity index (χ3n) is 7.91. The summed E-state index contributed by atoms with van der Waals surface area (Å²) in [5.74, 6) is -0.559. The summed E-state index contributed by atoms with van der Waals surface area (Å²) >= 11 is 0. The molecular formula is C28H38N6O4. The second-order valence-electron chi connectivity index (χ2n) is 12.0. The van der Waals surface area contributed by atoms with Crippen LogP contribution in [-0.4, -0.2) is 68.0 Å². The van der Waals surface area contributed by atoms with Crippen LogP contribution in [-0.2, 0) is 20.8 Å². The van der Waals surface area contributed by atoms with Crippen molar-refractivity contribution in [3.05, 3.63) is 41.2 Å². The smallest absolute Gasteiger partial charge is 0.248 e. The minimum Gasteiger partial charge on any atom is -0.391 e. The highest BCUT2D eigenvalue weighted by Crippen LogP contribution is 2.40. The summed E-state index contributed by atoms with van der Waals surface area (Å²) in [7, 11) is 0. The number of aromatic nitrogens is 3. The zero-order valence-electron chi connectivity index (χ0n) is 22.6. The van der Waals surface area contributed by atoms with Gasteiger partial charge in [0.15, 0.2) is 0 Å². The Hall–Kier alpha value is -3.27. The molecule has 1 aromatic carbocycles. The van der Waals surface area contributed by atoms with Crippen molar-refractivity contribution in [1.29, 1.82) is 0 Å². The number of anilines is 1. The summed E-state index contributed by atoms with van der Waals surface area (Å²) < 4.78 is 1.62. The summed E-state index contributed by atoms with van der Waals surface area (Å²) in [5, 5.41) is 24.8. The zero-order chi connectivity index (χ0) is 27.2. The number of amides is 3. The molecule has 204 valence electrons. The third kappa shape index (κ3) is 5.18. The summed E-state index contributed by atoms with van der Waals surface area (Å²) in [6.07, 6.45) is 4.74. The normalized spacial score (nSPS) is 23.8. The maximum absolute atomic E-state index is 13.9. The van der Waals surface area contributed by atoms with Gasteiger partial charge in [0.2, 0.25) is 17.7 Å². The SMILES string of the molecule is CCc1ccc2c(c1)C(CCNC(=O)[C@@H]1C[C@@H](O)CN1C(=O)[C@@H](n1cc(C3CC3)nn1)C(C)(C)C)C(=O)N2. The first-order chi connectivity index (χ1) is 18.1. The average molecular weight is 523 g/mol. The van der Waals surface area contributed by atoms with E-state index in [1.807, 2.05) is 39.1 Å². The van der Waals surface area contributed by atoms with Gasteiger partial charge in [-0.3, -0.25) is 14.4 Å². The van der Waals surface area contributed by atoms with E-state index in [1.54, 1.807) is 4.68 Å². The van der Waals surface area contributed by atoms with Gasteiger partial charge in [-0.25, -0.2) is 4.68 Å². The topological polar surface area (TPSA) is 129 Å². The Morgan fingerprint density at radius 2 is 2.03 bits per heavy atom. The standard InChI is InChI=1S/C28H38N6O4/c1-5-16-6-9-21-20(12-16)19(25(36)30-21)10-11-29-26(37)23-13-18(35)14-33(23)27(38)24(28(2,3)4)34-15-22(31-32-34)17-7-8-17/h6,9,12,15,17-19,23-24,35H,5,7-8,10-11,13-14H2,1-4H3,(H,29,37)(H,30,36)/t18-,19?,23+,24-/m1/s1. The van der Waals surface area contributed by atoms with Gasteiger partial charge >= 0.3 is 0 Å². The molecule has 1 saturated carbocycles. The monoisotopic (exact) mass is 522 g/mol. The third-order valence-corrected chi connectivity index (χ3v) is 7.91. The van der Waals surface area contributed by atoms with Gasteiger partial charge in [0.05, 0.1) is 17.7 Å².